The molecule has 342 valence electrons. The van der Waals surface area contributed by atoms with Crippen molar-refractivity contribution in [1.29, 1.82) is 0 Å². The van der Waals surface area contributed by atoms with Crippen molar-refractivity contribution in [3.8, 4) is 0 Å². The fourth-order valence-corrected chi connectivity index (χ4v) is 6.74. The van der Waals surface area contributed by atoms with Gasteiger partial charge < -0.3 is 14.6 Å². The minimum absolute atomic E-state index is 0.106. The molecule has 0 amide bonds. The summed E-state index contributed by atoms with van der Waals surface area (Å²) in [5.41, 5.74) is 0. The summed E-state index contributed by atoms with van der Waals surface area (Å²) in [4.78, 5) is 24.3. The zero-order valence-corrected chi connectivity index (χ0v) is 38.9. The molecule has 60 heavy (non-hydrogen) atoms. The zero-order chi connectivity index (χ0) is 43.5. The molecular formula is C55H92O5. The van der Waals surface area contributed by atoms with Crippen LogP contribution < -0.4 is 0 Å². The molecule has 0 radical (unpaired) electrons. The molecule has 0 bridgehead atoms. The lowest BCUT2D eigenvalue weighted by Crippen LogP contribution is -2.28. The van der Waals surface area contributed by atoms with Crippen molar-refractivity contribution in [2.24, 2.45) is 0 Å². The van der Waals surface area contributed by atoms with Crippen molar-refractivity contribution in [1.82, 2.24) is 0 Å². The predicted molar refractivity (Wildman–Crippen MR) is 260 cm³/mol. The molecule has 0 saturated heterocycles. The minimum atomic E-state index is -0.803. The Morgan fingerprint density at radius 2 is 0.700 bits per heavy atom. The number of carbonyl (C=O) groups excluding carboxylic acids is 2. The highest BCUT2D eigenvalue weighted by molar-refractivity contribution is 5.70. The Morgan fingerprint density at radius 3 is 1.07 bits per heavy atom. The summed E-state index contributed by atoms with van der Waals surface area (Å²) in [6.45, 7) is 3.85. The first-order valence-electron chi connectivity index (χ1n) is 24.8. The predicted octanol–water partition coefficient (Wildman–Crippen LogP) is 16.4. The van der Waals surface area contributed by atoms with Gasteiger partial charge in [0.15, 0.2) is 6.10 Å². The number of allylic oxidation sites excluding steroid dienone is 16. The molecule has 0 aliphatic heterocycles. The molecule has 1 N–H and O–H groups in total. The van der Waals surface area contributed by atoms with Crippen LogP contribution in [-0.2, 0) is 19.1 Å². The second-order valence-corrected chi connectivity index (χ2v) is 16.1. The van der Waals surface area contributed by atoms with Crippen LogP contribution in [0.5, 0.6) is 0 Å². The van der Waals surface area contributed by atoms with E-state index >= 15 is 0 Å². The van der Waals surface area contributed by atoms with Crippen LogP contribution in [0.1, 0.15) is 219 Å². The third-order valence-electron chi connectivity index (χ3n) is 10.4. The summed E-state index contributed by atoms with van der Waals surface area (Å²) in [6, 6.07) is 0. The van der Waals surface area contributed by atoms with Gasteiger partial charge in [0.2, 0.25) is 0 Å². The maximum absolute atomic E-state index is 12.2. The first-order chi connectivity index (χ1) is 29.6. The highest BCUT2D eigenvalue weighted by Crippen LogP contribution is 2.16. The number of ether oxygens (including phenoxy) is 2. The average Bonchev–Trinajstić information content (AvgIpc) is 3.25. The third kappa shape index (κ3) is 47.5. The van der Waals surface area contributed by atoms with Gasteiger partial charge >= 0.3 is 11.9 Å². The van der Waals surface area contributed by atoms with E-state index in [1.54, 1.807) is 0 Å². The van der Waals surface area contributed by atoms with Crippen molar-refractivity contribution in [3.05, 3.63) is 97.2 Å². The van der Waals surface area contributed by atoms with Gasteiger partial charge in [0, 0.05) is 12.8 Å². The number of hydrogen-bond donors (Lipinski definition) is 1. The summed E-state index contributed by atoms with van der Waals surface area (Å²) < 4.78 is 10.6. The Balaban J connectivity index is 3.48. The molecule has 5 heteroatoms. The Hall–Kier alpha value is -3.18. The van der Waals surface area contributed by atoms with E-state index in [0.29, 0.717) is 12.8 Å². The smallest absolute Gasteiger partial charge is 0.306 e. The molecule has 5 nitrogen and oxygen atoms in total. The number of hydrogen-bond acceptors (Lipinski definition) is 5. The highest BCUT2D eigenvalue weighted by atomic mass is 16.6. The van der Waals surface area contributed by atoms with Crippen LogP contribution in [0.2, 0.25) is 0 Å². The van der Waals surface area contributed by atoms with Crippen molar-refractivity contribution in [2.45, 2.75) is 225 Å². The summed E-state index contributed by atoms with van der Waals surface area (Å²) in [5, 5.41) is 9.58. The van der Waals surface area contributed by atoms with Gasteiger partial charge in [0.05, 0.1) is 6.61 Å². The first kappa shape index (κ1) is 56.8. The number of esters is 2. The monoisotopic (exact) mass is 833 g/mol. The van der Waals surface area contributed by atoms with Gasteiger partial charge in [-0.25, -0.2) is 0 Å². The molecule has 0 aromatic heterocycles. The molecule has 1 unspecified atom stereocenters. The zero-order valence-electron chi connectivity index (χ0n) is 38.9. The normalized spacial score (nSPS) is 13.1. The van der Waals surface area contributed by atoms with Crippen molar-refractivity contribution in [3.63, 3.8) is 0 Å². The largest absolute Gasteiger partial charge is 0.462 e. The maximum Gasteiger partial charge on any atom is 0.306 e. The van der Waals surface area contributed by atoms with Gasteiger partial charge in [0.1, 0.15) is 6.61 Å². The van der Waals surface area contributed by atoms with E-state index in [1.165, 1.54) is 116 Å². The molecule has 0 fully saturated rings. The molecular weight excluding hydrogens is 741 g/mol. The Morgan fingerprint density at radius 1 is 0.383 bits per heavy atom. The lowest BCUT2D eigenvalue weighted by atomic mass is 10.0. The fourth-order valence-electron chi connectivity index (χ4n) is 6.74. The number of unbranched alkanes of at least 4 members (excludes halogenated alkanes) is 20. The molecule has 0 heterocycles. The van der Waals surface area contributed by atoms with Gasteiger partial charge in [-0.15, -0.1) is 0 Å². The van der Waals surface area contributed by atoms with E-state index in [-0.39, 0.29) is 31.6 Å². The van der Waals surface area contributed by atoms with Crippen molar-refractivity contribution >= 4 is 11.9 Å². The minimum Gasteiger partial charge on any atom is -0.462 e. The molecule has 0 rings (SSSR count). The lowest BCUT2D eigenvalue weighted by Gasteiger charge is -2.15. The molecule has 0 aliphatic carbocycles. The lowest BCUT2D eigenvalue weighted by molar-refractivity contribution is -0.161. The Bertz CT molecular complexity index is 1170. The van der Waals surface area contributed by atoms with E-state index in [1.807, 2.05) is 12.2 Å². The van der Waals surface area contributed by atoms with Crippen LogP contribution in [0, 0.1) is 0 Å². The third-order valence-corrected chi connectivity index (χ3v) is 10.4. The molecule has 0 aliphatic rings. The van der Waals surface area contributed by atoms with Crippen LogP contribution in [0.15, 0.2) is 97.2 Å². The topological polar surface area (TPSA) is 72.8 Å². The van der Waals surface area contributed by atoms with E-state index < -0.39 is 6.10 Å². The highest BCUT2D eigenvalue weighted by Gasteiger charge is 2.16. The van der Waals surface area contributed by atoms with Crippen LogP contribution in [-0.4, -0.2) is 36.4 Å². The molecule has 0 aromatic carbocycles. The maximum atomic E-state index is 12.2. The number of aliphatic hydroxyl groups excluding tert-OH is 1. The summed E-state index contributed by atoms with van der Waals surface area (Å²) in [7, 11) is 0. The summed E-state index contributed by atoms with van der Waals surface area (Å²) in [5.74, 6) is -0.685. The first-order valence-corrected chi connectivity index (χ1v) is 24.8. The Labute approximate surface area is 370 Å². The van der Waals surface area contributed by atoms with Crippen LogP contribution >= 0.6 is 0 Å². The molecule has 0 spiro atoms. The van der Waals surface area contributed by atoms with E-state index in [9.17, 15) is 14.7 Å². The van der Waals surface area contributed by atoms with E-state index in [4.69, 9.17) is 9.47 Å². The van der Waals surface area contributed by atoms with Crippen LogP contribution in [0.4, 0.5) is 0 Å². The fraction of sp³-hybridized carbons (Fsp3) is 0.673. The molecule has 0 saturated carbocycles. The van der Waals surface area contributed by atoms with Crippen molar-refractivity contribution in [2.75, 3.05) is 13.2 Å². The van der Waals surface area contributed by atoms with Gasteiger partial charge in [0.25, 0.3) is 0 Å². The second-order valence-electron chi connectivity index (χ2n) is 16.1. The Kier molecular flexibility index (Phi) is 47.5. The summed E-state index contributed by atoms with van der Waals surface area (Å²) in [6.07, 6.45) is 71.0. The quantitative estimate of drug-likeness (QED) is 0.0376. The van der Waals surface area contributed by atoms with E-state index in [2.05, 4.69) is 98.9 Å². The van der Waals surface area contributed by atoms with Gasteiger partial charge in [-0.1, -0.05) is 227 Å². The summed E-state index contributed by atoms with van der Waals surface area (Å²) >= 11 is 0. The number of rotatable bonds is 44. The molecule has 1 atom stereocenters. The van der Waals surface area contributed by atoms with Gasteiger partial charge in [-0.2, -0.15) is 0 Å². The SMILES string of the molecule is CC/C=C\C/C=C\C/C=C\C/C=C\CCCCCCCCCCCCCCCCCCCCCCC(=O)OC(CO)COC(=O)CC/C=C\C/C=C\C/C=C\C/C=C\CC. The number of carbonyl (C=O) groups is 2. The second kappa shape index (κ2) is 50.2. The van der Waals surface area contributed by atoms with Crippen LogP contribution in [0.25, 0.3) is 0 Å². The molecule has 0 aromatic rings. The number of aliphatic hydroxyl groups is 1. The standard InChI is InChI=1S/C55H92O5/c1-3-5-7-9-11-13-15-17-18-19-20-21-22-23-24-25-26-27-28-29-30-31-32-33-34-35-36-38-40-42-44-46-48-50-55(58)60-53(51-56)52-59-54(57)49-47-45-43-41-39-37-16-14-12-10-8-6-4-2/h5-8,11-14,17-18,20-21,37,39,43,45,53,56H,3-4,9-10,15-16,19,22-36,38,40-42,44,46-52H2,1-2H3/b7-5-,8-6-,13-11-,14-12-,18-17-,21-20-,39-37-,45-43-. The van der Waals surface area contributed by atoms with Crippen molar-refractivity contribution < 1.29 is 24.2 Å². The van der Waals surface area contributed by atoms with Gasteiger partial charge in [-0.3, -0.25) is 9.59 Å². The van der Waals surface area contributed by atoms with E-state index in [0.717, 1.165) is 70.6 Å². The van der Waals surface area contributed by atoms with Gasteiger partial charge in [-0.05, 0) is 77.0 Å². The average molecular weight is 833 g/mol. The van der Waals surface area contributed by atoms with Crippen LogP contribution in [0.3, 0.4) is 0 Å².